The summed E-state index contributed by atoms with van der Waals surface area (Å²) in [7, 11) is 1.67. The average Bonchev–Trinajstić information content (AvgIpc) is 3.16. The lowest BCUT2D eigenvalue weighted by Crippen LogP contribution is -2.37. The number of ether oxygens (including phenoxy) is 3. The molecule has 0 saturated carbocycles. The first-order valence-electron chi connectivity index (χ1n) is 21.9. The van der Waals surface area contributed by atoms with Crippen molar-refractivity contribution in [1.29, 1.82) is 0 Å². The van der Waals surface area contributed by atoms with E-state index >= 15 is 0 Å². The molecule has 1 rings (SSSR count). The fraction of sp³-hybridized carbons (Fsp3) is 0.841. The van der Waals surface area contributed by atoms with E-state index in [1.165, 1.54) is 96.3 Å². The number of hydrogen-bond acceptors (Lipinski definition) is 9. The predicted octanol–water partition coefficient (Wildman–Crippen LogP) is 11.2. The van der Waals surface area contributed by atoms with Crippen LogP contribution in [0.25, 0.3) is 0 Å². The molecule has 53 heavy (non-hydrogen) atoms. The van der Waals surface area contributed by atoms with E-state index in [-0.39, 0.29) is 0 Å². The first-order chi connectivity index (χ1) is 25.9. The van der Waals surface area contributed by atoms with Crippen molar-refractivity contribution in [1.82, 2.24) is 4.90 Å². The van der Waals surface area contributed by atoms with E-state index in [0.717, 1.165) is 96.2 Å². The van der Waals surface area contributed by atoms with E-state index in [2.05, 4.69) is 42.9 Å². The van der Waals surface area contributed by atoms with Gasteiger partial charge in [-0.05, 0) is 70.5 Å². The topological polar surface area (TPSA) is 106 Å². The number of hydrogen-bond donors (Lipinski definition) is 2. The maximum Gasteiger partial charge on any atom is 0.508 e. The van der Waals surface area contributed by atoms with Gasteiger partial charge in [0.15, 0.2) is 0 Å². The molecule has 2 N–H and O–H groups in total. The summed E-state index contributed by atoms with van der Waals surface area (Å²) in [5.74, 6) is 1.36. The molecule has 0 aromatic heterocycles. The molecule has 1 atom stereocenters. The van der Waals surface area contributed by atoms with E-state index in [4.69, 9.17) is 14.2 Å². The van der Waals surface area contributed by atoms with Crippen molar-refractivity contribution in [3.63, 3.8) is 0 Å². The Hall–Kier alpha value is -2.55. The molecule has 1 unspecified atom stereocenters. The third-order valence-electron chi connectivity index (χ3n) is 10.4. The molecule has 1 aromatic rings. The van der Waals surface area contributed by atoms with E-state index in [1.54, 1.807) is 7.05 Å². The Labute approximate surface area is 324 Å². The first-order valence-corrected chi connectivity index (χ1v) is 21.9. The van der Waals surface area contributed by atoms with Crippen LogP contribution in [0.5, 0.6) is 0 Å². The van der Waals surface area contributed by atoms with Crippen LogP contribution in [-0.4, -0.2) is 64.1 Å². The van der Waals surface area contributed by atoms with E-state index in [0.29, 0.717) is 37.1 Å². The molecular weight excluding hydrogens is 666 g/mol. The molecule has 0 spiro atoms. The van der Waals surface area contributed by atoms with Crippen LogP contribution in [0.2, 0.25) is 0 Å². The van der Waals surface area contributed by atoms with Gasteiger partial charge in [0.1, 0.15) is 11.4 Å². The third kappa shape index (κ3) is 25.2. The Morgan fingerprint density at radius 1 is 0.623 bits per heavy atom. The van der Waals surface area contributed by atoms with Crippen molar-refractivity contribution in [3.8, 4) is 0 Å². The lowest BCUT2D eigenvalue weighted by molar-refractivity contribution is 0.0414. The number of nitrogens with one attached hydrogen (secondary N) is 2. The summed E-state index contributed by atoms with van der Waals surface area (Å²) in [5, 5.41) is 5.99. The summed E-state index contributed by atoms with van der Waals surface area (Å²) in [6.07, 6.45) is 28.8. The largest absolute Gasteiger partial charge is 0.508 e. The van der Waals surface area contributed by atoms with Crippen molar-refractivity contribution < 1.29 is 19.0 Å². The number of carbonyl (C=O) groups excluding carboxylic acids is 1. The lowest BCUT2D eigenvalue weighted by atomic mass is 9.99. The highest BCUT2D eigenvalue weighted by atomic mass is 16.7. The van der Waals surface area contributed by atoms with Crippen molar-refractivity contribution in [3.05, 3.63) is 32.8 Å². The first kappa shape index (κ1) is 48.5. The number of anilines is 2. The van der Waals surface area contributed by atoms with Crippen LogP contribution in [0.4, 0.5) is 16.2 Å². The van der Waals surface area contributed by atoms with Crippen LogP contribution in [-0.2, 0) is 14.2 Å². The smallest absolute Gasteiger partial charge is 0.499 e. The van der Waals surface area contributed by atoms with Gasteiger partial charge < -0.3 is 29.7 Å². The maximum atomic E-state index is 12.1. The second-order valence-corrected chi connectivity index (χ2v) is 15.1. The molecule has 0 fully saturated rings. The summed E-state index contributed by atoms with van der Waals surface area (Å²) in [6.45, 7) is 16.1. The second-order valence-electron chi connectivity index (χ2n) is 15.1. The Morgan fingerprint density at radius 3 is 1.74 bits per heavy atom. The molecule has 308 valence electrons. The molecule has 0 aliphatic heterocycles. The van der Waals surface area contributed by atoms with Crippen LogP contribution < -0.4 is 21.5 Å². The van der Waals surface area contributed by atoms with Crippen LogP contribution >= 0.6 is 0 Å². The van der Waals surface area contributed by atoms with Gasteiger partial charge in [0.25, 0.3) is 10.9 Å². The van der Waals surface area contributed by atoms with E-state index in [1.807, 2.05) is 0 Å². The molecule has 9 nitrogen and oxygen atoms in total. The van der Waals surface area contributed by atoms with Crippen molar-refractivity contribution >= 4 is 17.5 Å². The van der Waals surface area contributed by atoms with E-state index in [9.17, 15) is 14.4 Å². The summed E-state index contributed by atoms with van der Waals surface area (Å²) in [6, 6.07) is 0. The molecule has 0 radical (unpaired) electrons. The average molecular weight is 748 g/mol. The fourth-order valence-electron chi connectivity index (χ4n) is 6.80. The standard InChI is InChI=1S/C44H81N3O6/c1-6-9-11-13-14-20-26-35-51-38(4)29-22-17-15-18-24-32-47(34-28-31-46-41-40(45-5)42(48)43(41)49)33-25-19-21-27-36-52-44(50)53-37-39(8-3)30-23-16-12-10-7-2/h39,45-46H,4,6-37H2,1-3,5H3. The van der Waals surface area contributed by atoms with Crippen molar-refractivity contribution in [2.45, 2.75) is 181 Å². The summed E-state index contributed by atoms with van der Waals surface area (Å²) in [5.41, 5.74) is -0.0484. The number of carbonyl (C=O) groups is 1. The highest BCUT2D eigenvalue weighted by Crippen LogP contribution is 2.17. The number of allylic oxidation sites excluding steroid dienone is 1. The normalized spacial score (nSPS) is 11.9. The zero-order valence-electron chi connectivity index (χ0n) is 34.8. The summed E-state index contributed by atoms with van der Waals surface area (Å²) in [4.78, 5) is 38.2. The van der Waals surface area contributed by atoms with Gasteiger partial charge in [-0.1, -0.05) is 137 Å². The Morgan fingerprint density at radius 2 is 1.13 bits per heavy atom. The molecular formula is C44H81N3O6. The predicted molar refractivity (Wildman–Crippen MR) is 224 cm³/mol. The monoisotopic (exact) mass is 748 g/mol. The van der Waals surface area contributed by atoms with Gasteiger partial charge >= 0.3 is 6.16 Å². The molecule has 0 aliphatic rings. The van der Waals surface area contributed by atoms with Gasteiger partial charge in [-0.2, -0.15) is 0 Å². The Balaban J connectivity index is 2.26. The van der Waals surface area contributed by atoms with Crippen LogP contribution in [0.3, 0.4) is 0 Å². The highest BCUT2D eigenvalue weighted by molar-refractivity contribution is 5.73. The van der Waals surface area contributed by atoms with Crippen molar-refractivity contribution in [2.24, 2.45) is 5.92 Å². The van der Waals surface area contributed by atoms with Gasteiger partial charge in [-0.3, -0.25) is 9.59 Å². The summed E-state index contributed by atoms with van der Waals surface area (Å²) >= 11 is 0. The van der Waals surface area contributed by atoms with Crippen LogP contribution in [0, 0.1) is 5.92 Å². The molecule has 0 saturated heterocycles. The van der Waals surface area contributed by atoms with Gasteiger partial charge in [-0.15, -0.1) is 0 Å². The second kappa shape index (κ2) is 34.0. The minimum Gasteiger partial charge on any atom is -0.499 e. The lowest BCUT2D eigenvalue weighted by Gasteiger charge is -2.23. The number of nitrogens with zero attached hydrogens (tertiary/aromatic N) is 1. The number of rotatable bonds is 39. The molecule has 0 amide bonds. The van der Waals surface area contributed by atoms with Gasteiger partial charge in [0.05, 0.1) is 25.6 Å². The molecule has 0 aliphatic carbocycles. The maximum absolute atomic E-state index is 12.1. The Bertz CT molecular complexity index is 1100. The zero-order chi connectivity index (χ0) is 38.8. The summed E-state index contributed by atoms with van der Waals surface area (Å²) < 4.78 is 16.6. The van der Waals surface area contributed by atoms with Gasteiger partial charge in [-0.25, -0.2) is 4.79 Å². The quantitative estimate of drug-likeness (QED) is 0.0294. The molecule has 1 aromatic carbocycles. The Kier molecular flexibility index (Phi) is 31.1. The van der Waals surface area contributed by atoms with Crippen LogP contribution in [0.15, 0.2) is 21.9 Å². The van der Waals surface area contributed by atoms with Gasteiger partial charge in [0, 0.05) is 20.0 Å². The van der Waals surface area contributed by atoms with E-state index < -0.39 is 17.0 Å². The minimum absolute atomic E-state index is 0.394. The minimum atomic E-state index is -0.531. The molecule has 0 bridgehead atoms. The van der Waals surface area contributed by atoms with Crippen LogP contribution in [0.1, 0.15) is 181 Å². The SMILES string of the molecule is C=C(CCCCCCCN(CCCCCCOC(=O)OCC(CC)CCCCCCC)CCCNc1c(NC)c(=O)c1=O)OCCCCCCCCC. The fourth-order valence-corrected chi connectivity index (χ4v) is 6.80. The third-order valence-corrected chi connectivity index (χ3v) is 10.4. The van der Waals surface area contributed by atoms with Crippen molar-refractivity contribution in [2.75, 3.05) is 63.7 Å². The zero-order valence-corrected chi connectivity index (χ0v) is 34.8. The molecule has 0 heterocycles. The van der Waals surface area contributed by atoms with Gasteiger partial charge in [0.2, 0.25) is 0 Å². The highest BCUT2D eigenvalue weighted by Gasteiger charge is 2.19. The number of unbranched alkanes of at least 4 members (excludes halogenated alkanes) is 17. The molecule has 9 heteroatoms.